The zero-order chi connectivity index (χ0) is 21.4. The minimum absolute atomic E-state index is 0.264. The SMILES string of the molecule is COC(=O)c1cc(N2CCCC3(CC3)C2)c(C(=N)C2CCC2)c(Nc2ccccc2)n1. The minimum atomic E-state index is -0.447. The number of piperidine rings is 1. The van der Waals surface area contributed by atoms with Crippen LogP contribution in [0.5, 0.6) is 0 Å². The van der Waals surface area contributed by atoms with Crippen LogP contribution in [0.4, 0.5) is 17.2 Å². The fraction of sp³-hybridized carbons (Fsp3) is 0.480. The van der Waals surface area contributed by atoms with E-state index in [1.807, 2.05) is 36.4 Å². The molecule has 2 heterocycles. The number of hydrogen-bond donors (Lipinski definition) is 2. The first-order valence-electron chi connectivity index (χ1n) is 11.4. The van der Waals surface area contributed by atoms with Crippen LogP contribution in [-0.2, 0) is 4.74 Å². The molecular weight excluding hydrogens is 388 g/mol. The molecule has 1 aromatic heterocycles. The normalized spacial score (nSPS) is 19.6. The van der Waals surface area contributed by atoms with Crippen molar-refractivity contribution in [2.75, 3.05) is 30.4 Å². The molecule has 0 radical (unpaired) electrons. The van der Waals surface area contributed by atoms with E-state index in [1.165, 1.54) is 32.8 Å². The summed E-state index contributed by atoms with van der Waals surface area (Å²) < 4.78 is 5.02. The number of methoxy groups -OCH3 is 1. The lowest BCUT2D eigenvalue weighted by Gasteiger charge is -2.37. The molecule has 31 heavy (non-hydrogen) atoms. The summed E-state index contributed by atoms with van der Waals surface area (Å²) in [5.74, 6) is 0.397. The summed E-state index contributed by atoms with van der Waals surface area (Å²) in [5, 5.41) is 12.5. The Balaban J connectivity index is 1.63. The van der Waals surface area contributed by atoms with Crippen molar-refractivity contribution in [1.29, 1.82) is 5.41 Å². The second-order valence-corrected chi connectivity index (χ2v) is 9.30. The molecule has 162 valence electrons. The summed E-state index contributed by atoms with van der Waals surface area (Å²) in [6, 6.07) is 11.7. The van der Waals surface area contributed by atoms with Crippen molar-refractivity contribution in [3.05, 3.63) is 47.7 Å². The molecule has 6 nitrogen and oxygen atoms in total. The third kappa shape index (κ3) is 3.91. The van der Waals surface area contributed by atoms with E-state index in [0.29, 0.717) is 16.9 Å². The third-order valence-electron chi connectivity index (χ3n) is 7.17. The highest BCUT2D eigenvalue weighted by Crippen LogP contribution is 2.53. The van der Waals surface area contributed by atoms with E-state index in [9.17, 15) is 4.79 Å². The van der Waals surface area contributed by atoms with E-state index < -0.39 is 5.97 Å². The predicted octanol–water partition coefficient (Wildman–Crippen LogP) is 5.16. The van der Waals surface area contributed by atoms with Gasteiger partial charge in [0.2, 0.25) is 0 Å². The molecule has 1 aliphatic heterocycles. The molecule has 0 amide bonds. The molecule has 2 aliphatic carbocycles. The highest BCUT2D eigenvalue weighted by molar-refractivity contribution is 6.10. The Labute approximate surface area is 183 Å². The maximum Gasteiger partial charge on any atom is 0.356 e. The average Bonchev–Trinajstić information content (AvgIpc) is 3.50. The Morgan fingerprint density at radius 2 is 1.97 bits per heavy atom. The monoisotopic (exact) mass is 418 g/mol. The van der Waals surface area contributed by atoms with Gasteiger partial charge in [-0.1, -0.05) is 24.6 Å². The Kier molecular flexibility index (Phi) is 5.16. The Bertz CT molecular complexity index is 996. The number of aromatic nitrogens is 1. The van der Waals surface area contributed by atoms with Crippen LogP contribution in [0.1, 0.15) is 61.0 Å². The summed E-state index contributed by atoms with van der Waals surface area (Å²) in [5.41, 5.74) is 4.05. The van der Waals surface area contributed by atoms with Gasteiger partial charge in [-0.15, -0.1) is 0 Å². The van der Waals surface area contributed by atoms with Crippen LogP contribution in [0.3, 0.4) is 0 Å². The lowest BCUT2D eigenvalue weighted by Crippen LogP contribution is -2.38. The summed E-state index contributed by atoms with van der Waals surface area (Å²) in [4.78, 5) is 19.5. The van der Waals surface area contributed by atoms with Gasteiger partial charge in [0, 0.05) is 30.4 Å². The van der Waals surface area contributed by atoms with Gasteiger partial charge < -0.3 is 20.4 Å². The number of hydrogen-bond acceptors (Lipinski definition) is 6. The molecule has 3 aliphatic rings. The number of esters is 1. The van der Waals surface area contributed by atoms with Crippen molar-refractivity contribution in [2.24, 2.45) is 11.3 Å². The molecule has 2 aromatic rings. The van der Waals surface area contributed by atoms with Crippen LogP contribution in [0.25, 0.3) is 0 Å². The number of nitrogens with zero attached hydrogens (tertiary/aromatic N) is 2. The average molecular weight is 419 g/mol. The summed E-state index contributed by atoms with van der Waals surface area (Å²) >= 11 is 0. The zero-order valence-electron chi connectivity index (χ0n) is 18.1. The minimum Gasteiger partial charge on any atom is -0.464 e. The Hall–Kier alpha value is -2.89. The van der Waals surface area contributed by atoms with Crippen molar-refractivity contribution < 1.29 is 9.53 Å². The largest absolute Gasteiger partial charge is 0.464 e. The van der Waals surface area contributed by atoms with E-state index in [1.54, 1.807) is 0 Å². The van der Waals surface area contributed by atoms with Crippen LogP contribution in [0, 0.1) is 16.7 Å². The fourth-order valence-electron chi connectivity index (χ4n) is 4.90. The van der Waals surface area contributed by atoms with Gasteiger partial charge in [0.25, 0.3) is 0 Å². The molecule has 0 atom stereocenters. The Morgan fingerprint density at radius 3 is 2.61 bits per heavy atom. The highest BCUT2D eigenvalue weighted by atomic mass is 16.5. The van der Waals surface area contributed by atoms with Gasteiger partial charge in [-0.3, -0.25) is 0 Å². The van der Waals surface area contributed by atoms with Crippen molar-refractivity contribution >= 4 is 28.9 Å². The van der Waals surface area contributed by atoms with E-state index in [0.717, 1.165) is 49.3 Å². The van der Waals surface area contributed by atoms with E-state index in [2.05, 4.69) is 15.2 Å². The number of anilines is 3. The fourth-order valence-corrected chi connectivity index (χ4v) is 4.90. The summed E-state index contributed by atoms with van der Waals surface area (Å²) in [6.45, 7) is 1.94. The number of carbonyl (C=O) groups is 1. The van der Waals surface area contributed by atoms with Crippen LogP contribution in [-0.4, -0.2) is 36.9 Å². The van der Waals surface area contributed by atoms with Crippen LogP contribution in [0.15, 0.2) is 36.4 Å². The van der Waals surface area contributed by atoms with Crippen LogP contribution >= 0.6 is 0 Å². The molecule has 2 N–H and O–H groups in total. The molecular formula is C25H30N4O2. The van der Waals surface area contributed by atoms with Gasteiger partial charge in [-0.05, 0) is 62.1 Å². The molecule has 6 heteroatoms. The van der Waals surface area contributed by atoms with Gasteiger partial charge in [0.1, 0.15) is 5.82 Å². The molecule has 1 saturated heterocycles. The number of benzene rings is 1. The molecule has 5 rings (SSSR count). The second kappa shape index (κ2) is 7.98. The maximum absolute atomic E-state index is 12.5. The Morgan fingerprint density at radius 1 is 1.19 bits per heavy atom. The number of para-hydroxylation sites is 1. The highest BCUT2D eigenvalue weighted by Gasteiger charge is 2.46. The lowest BCUT2D eigenvalue weighted by atomic mass is 9.78. The van der Waals surface area contributed by atoms with E-state index in [4.69, 9.17) is 10.1 Å². The molecule has 0 bridgehead atoms. The van der Waals surface area contributed by atoms with Gasteiger partial charge in [-0.2, -0.15) is 0 Å². The number of nitrogens with one attached hydrogen (secondary N) is 2. The maximum atomic E-state index is 12.5. The van der Waals surface area contributed by atoms with E-state index in [-0.39, 0.29) is 11.6 Å². The molecule has 1 aromatic carbocycles. The second-order valence-electron chi connectivity index (χ2n) is 9.30. The number of rotatable bonds is 6. The number of ether oxygens (including phenoxy) is 1. The first-order chi connectivity index (χ1) is 15.1. The van der Waals surface area contributed by atoms with Crippen molar-refractivity contribution in [3.63, 3.8) is 0 Å². The molecule has 2 saturated carbocycles. The first kappa shape index (κ1) is 20.0. The number of pyridine rings is 1. The van der Waals surface area contributed by atoms with Crippen molar-refractivity contribution in [1.82, 2.24) is 4.98 Å². The van der Waals surface area contributed by atoms with Crippen molar-refractivity contribution in [2.45, 2.75) is 44.9 Å². The summed E-state index contributed by atoms with van der Waals surface area (Å²) in [6.07, 6.45) is 8.25. The van der Waals surface area contributed by atoms with Crippen molar-refractivity contribution in [3.8, 4) is 0 Å². The van der Waals surface area contributed by atoms with Crippen LogP contribution < -0.4 is 10.2 Å². The first-order valence-corrected chi connectivity index (χ1v) is 11.4. The van der Waals surface area contributed by atoms with Gasteiger partial charge >= 0.3 is 5.97 Å². The van der Waals surface area contributed by atoms with E-state index >= 15 is 0 Å². The summed E-state index contributed by atoms with van der Waals surface area (Å²) in [7, 11) is 1.39. The van der Waals surface area contributed by atoms with Gasteiger partial charge in [0.15, 0.2) is 5.69 Å². The predicted molar refractivity (Wildman–Crippen MR) is 123 cm³/mol. The van der Waals surface area contributed by atoms with Crippen LogP contribution in [0.2, 0.25) is 0 Å². The third-order valence-corrected chi connectivity index (χ3v) is 7.17. The quantitative estimate of drug-likeness (QED) is 0.500. The molecule has 3 fully saturated rings. The zero-order valence-corrected chi connectivity index (χ0v) is 18.1. The number of carbonyl (C=O) groups excluding carboxylic acids is 1. The topological polar surface area (TPSA) is 78.3 Å². The smallest absolute Gasteiger partial charge is 0.356 e. The lowest BCUT2D eigenvalue weighted by molar-refractivity contribution is 0.0594. The molecule has 0 unspecified atom stereocenters. The molecule has 1 spiro atoms. The van der Waals surface area contributed by atoms with Gasteiger partial charge in [-0.25, -0.2) is 9.78 Å². The standard InChI is InChI=1S/C25H30N4O2/c1-31-24(30)19-15-20(29-14-6-11-25(16-29)12-13-25)21(22(26)17-7-5-8-17)23(28-19)27-18-9-3-2-4-10-18/h2-4,9-10,15,17,26H,5-8,11-14,16H2,1H3,(H,27,28). The van der Waals surface area contributed by atoms with Gasteiger partial charge in [0.05, 0.1) is 18.4 Å².